The van der Waals surface area contributed by atoms with E-state index < -0.39 is 0 Å². The van der Waals surface area contributed by atoms with Gasteiger partial charge in [0.2, 0.25) is 11.9 Å². The minimum atomic E-state index is -0.0628. The summed E-state index contributed by atoms with van der Waals surface area (Å²) in [5, 5.41) is 3.01. The van der Waals surface area contributed by atoms with E-state index >= 15 is 0 Å². The summed E-state index contributed by atoms with van der Waals surface area (Å²) < 4.78 is 5.28. The summed E-state index contributed by atoms with van der Waals surface area (Å²) >= 11 is 0. The highest BCUT2D eigenvalue weighted by Gasteiger charge is 2.25. The Morgan fingerprint density at radius 1 is 1.04 bits per heavy atom. The van der Waals surface area contributed by atoms with Gasteiger partial charge in [-0.15, -0.1) is 0 Å². The molecule has 2 saturated heterocycles. The molecule has 3 heterocycles. The molecule has 1 aromatic rings. The Morgan fingerprint density at radius 2 is 1.69 bits per heavy atom. The SMILES string of the molecule is CCNc1ncc(C(=O)N2CCN(CC(=O)N3CCOCC3)CC2)cn1. The van der Waals surface area contributed by atoms with Crippen LogP contribution in [0, 0.1) is 0 Å². The second-order valence-electron chi connectivity index (χ2n) is 6.39. The molecule has 0 unspecified atom stereocenters. The maximum Gasteiger partial charge on any atom is 0.257 e. The van der Waals surface area contributed by atoms with E-state index in [1.54, 1.807) is 17.3 Å². The van der Waals surface area contributed by atoms with E-state index in [-0.39, 0.29) is 11.8 Å². The fourth-order valence-electron chi connectivity index (χ4n) is 3.08. The maximum absolute atomic E-state index is 12.6. The number of carbonyl (C=O) groups excluding carboxylic acids is 2. The molecular formula is C17H26N6O3. The highest BCUT2D eigenvalue weighted by Crippen LogP contribution is 2.09. The van der Waals surface area contributed by atoms with Crippen LogP contribution in [0.4, 0.5) is 5.95 Å². The average molecular weight is 362 g/mol. The summed E-state index contributed by atoms with van der Waals surface area (Å²) in [6.07, 6.45) is 3.11. The molecule has 3 rings (SSSR count). The highest BCUT2D eigenvalue weighted by molar-refractivity contribution is 5.93. The number of nitrogens with zero attached hydrogens (tertiary/aromatic N) is 5. The average Bonchev–Trinajstić information content (AvgIpc) is 2.69. The first-order chi connectivity index (χ1) is 12.7. The largest absolute Gasteiger partial charge is 0.378 e. The first-order valence-electron chi connectivity index (χ1n) is 9.10. The molecule has 0 saturated carbocycles. The summed E-state index contributed by atoms with van der Waals surface area (Å²) in [5.41, 5.74) is 0.490. The van der Waals surface area contributed by atoms with Gasteiger partial charge in [-0.05, 0) is 6.92 Å². The van der Waals surface area contributed by atoms with Gasteiger partial charge < -0.3 is 19.9 Å². The molecule has 1 N–H and O–H groups in total. The Hall–Kier alpha value is -2.26. The van der Waals surface area contributed by atoms with Crippen LogP contribution < -0.4 is 5.32 Å². The number of hydrogen-bond donors (Lipinski definition) is 1. The molecule has 26 heavy (non-hydrogen) atoms. The minimum absolute atomic E-state index is 0.0628. The fraction of sp³-hybridized carbons (Fsp3) is 0.647. The molecule has 1 aromatic heterocycles. The number of aromatic nitrogens is 2. The van der Waals surface area contributed by atoms with E-state index in [1.165, 1.54) is 0 Å². The van der Waals surface area contributed by atoms with Crippen molar-refractivity contribution in [1.82, 2.24) is 24.7 Å². The van der Waals surface area contributed by atoms with Crippen molar-refractivity contribution in [1.29, 1.82) is 0 Å². The number of anilines is 1. The Labute approximate surface area is 153 Å². The van der Waals surface area contributed by atoms with Crippen molar-refractivity contribution in [2.45, 2.75) is 6.92 Å². The summed E-state index contributed by atoms with van der Waals surface area (Å²) in [4.78, 5) is 38.9. The lowest BCUT2D eigenvalue weighted by Crippen LogP contribution is -2.52. The topological polar surface area (TPSA) is 90.9 Å². The van der Waals surface area contributed by atoms with Gasteiger partial charge in [-0.25, -0.2) is 9.97 Å². The Morgan fingerprint density at radius 3 is 2.31 bits per heavy atom. The Balaban J connectivity index is 1.46. The third-order valence-electron chi connectivity index (χ3n) is 4.62. The molecule has 142 valence electrons. The van der Waals surface area contributed by atoms with Gasteiger partial charge in [0, 0.05) is 58.2 Å². The minimum Gasteiger partial charge on any atom is -0.378 e. The van der Waals surface area contributed by atoms with Gasteiger partial charge in [-0.1, -0.05) is 0 Å². The van der Waals surface area contributed by atoms with E-state index in [0.29, 0.717) is 70.5 Å². The summed E-state index contributed by atoms with van der Waals surface area (Å²) in [6, 6.07) is 0. The standard InChI is InChI=1S/C17H26N6O3/c1-2-18-17-19-11-14(12-20-17)16(25)23-5-3-21(4-6-23)13-15(24)22-7-9-26-10-8-22/h11-12H,2-10,13H2,1H3,(H,18,19,20). The van der Waals surface area contributed by atoms with Crippen LogP contribution >= 0.6 is 0 Å². The molecule has 0 aliphatic carbocycles. The molecule has 2 fully saturated rings. The molecule has 0 atom stereocenters. The summed E-state index contributed by atoms with van der Waals surface area (Å²) in [6.45, 7) is 8.25. The van der Waals surface area contributed by atoms with Gasteiger partial charge in [0.1, 0.15) is 0 Å². The van der Waals surface area contributed by atoms with E-state index in [1.807, 2.05) is 11.8 Å². The monoisotopic (exact) mass is 362 g/mol. The Kier molecular flexibility index (Phi) is 6.35. The van der Waals surface area contributed by atoms with Crippen molar-refractivity contribution in [2.75, 3.05) is 70.9 Å². The number of hydrogen-bond acceptors (Lipinski definition) is 7. The molecule has 0 radical (unpaired) electrons. The van der Waals surface area contributed by atoms with Crippen molar-refractivity contribution in [3.8, 4) is 0 Å². The van der Waals surface area contributed by atoms with E-state index in [9.17, 15) is 9.59 Å². The van der Waals surface area contributed by atoms with Crippen molar-refractivity contribution < 1.29 is 14.3 Å². The number of morpholine rings is 1. The lowest BCUT2D eigenvalue weighted by molar-refractivity contribution is -0.136. The van der Waals surface area contributed by atoms with Crippen LogP contribution in [0.3, 0.4) is 0 Å². The maximum atomic E-state index is 12.6. The Bertz CT molecular complexity index is 609. The number of nitrogens with one attached hydrogen (secondary N) is 1. The van der Waals surface area contributed by atoms with Crippen LogP contribution in [0.15, 0.2) is 12.4 Å². The third-order valence-corrected chi connectivity index (χ3v) is 4.62. The third kappa shape index (κ3) is 4.67. The van der Waals surface area contributed by atoms with Crippen molar-refractivity contribution >= 4 is 17.8 Å². The number of rotatable bonds is 5. The van der Waals surface area contributed by atoms with Crippen LogP contribution in [-0.2, 0) is 9.53 Å². The number of carbonyl (C=O) groups is 2. The molecular weight excluding hydrogens is 336 g/mol. The number of piperazine rings is 1. The van der Waals surface area contributed by atoms with Crippen LogP contribution in [0.1, 0.15) is 17.3 Å². The van der Waals surface area contributed by atoms with Crippen LogP contribution in [0.5, 0.6) is 0 Å². The number of ether oxygens (including phenoxy) is 1. The van der Waals surface area contributed by atoms with Gasteiger partial charge in [0.15, 0.2) is 0 Å². The molecule has 0 bridgehead atoms. The predicted molar refractivity (Wildman–Crippen MR) is 95.9 cm³/mol. The highest BCUT2D eigenvalue weighted by atomic mass is 16.5. The molecule has 9 heteroatoms. The smallest absolute Gasteiger partial charge is 0.257 e. The van der Waals surface area contributed by atoms with Crippen molar-refractivity contribution in [2.24, 2.45) is 0 Å². The second-order valence-corrected chi connectivity index (χ2v) is 6.39. The quantitative estimate of drug-likeness (QED) is 0.757. The lowest BCUT2D eigenvalue weighted by atomic mass is 10.2. The summed E-state index contributed by atoms with van der Waals surface area (Å²) in [5.74, 6) is 0.600. The van der Waals surface area contributed by atoms with Crippen molar-refractivity contribution in [3.05, 3.63) is 18.0 Å². The van der Waals surface area contributed by atoms with Crippen LogP contribution in [0.25, 0.3) is 0 Å². The summed E-state index contributed by atoms with van der Waals surface area (Å²) in [7, 11) is 0. The first kappa shape index (κ1) is 18.5. The van der Waals surface area contributed by atoms with Gasteiger partial charge in [-0.2, -0.15) is 0 Å². The van der Waals surface area contributed by atoms with Crippen LogP contribution in [-0.4, -0.2) is 102 Å². The normalized spacial score (nSPS) is 18.7. The van der Waals surface area contributed by atoms with Crippen LogP contribution in [0.2, 0.25) is 0 Å². The van der Waals surface area contributed by atoms with Gasteiger partial charge in [0.05, 0.1) is 25.3 Å². The van der Waals surface area contributed by atoms with Gasteiger partial charge in [-0.3, -0.25) is 14.5 Å². The molecule has 0 aromatic carbocycles. The van der Waals surface area contributed by atoms with E-state index in [2.05, 4.69) is 20.2 Å². The van der Waals surface area contributed by atoms with E-state index in [4.69, 9.17) is 4.74 Å². The molecule has 2 amide bonds. The van der Waals surface area contributed by atoms with Gasteiger partial charge >= 0.3 is 0 Å². The fourth-order valence-corrected chi connectivity index (χ4v) is 3.08. The zero-order valence-electron chi connectivity index (χ0n) is 15.2. The predicted octanol–water partition coefficient (Wildman–Crippen LogP) is -0.475. The second kappa shape index (κ2) is 8.91. The van der Waals surface area contributed by atoms with E-state index in [0.717, 1.165) is 6.54 Å². The molecule has 2 aliphatic heterocycles. The molecule has 2 aliphatic rings. The zero-order valence-corrected chi connectivity index (χ0v) is 15.2. The van der Waals surface area contributed by atoms with Gasteiger partial charge in [0.25, 0.3) is 5.91 Å². The first-order valence-corrected chi connectivity index (χ1v) is 9.10. The molecule has 0 spiro atoms. The number of amides is 2. The van der Waals surface area contributed by atoms with Crippen molar-refractivity contribution in [3.63, 3.8) is 0 Å². The lowest BCUT2D eigenvalue weighted by Gasteiger charge is -2.36. The zero-order chi connectivity index (χ0) is 18.4. The molecule has 9 nitrogen and oxygen atoms in total.